The molecule has 0 unspecified atom stereocenters. The molecule has 2 nitrogen and oxygen atoms in total. The zero-order valence-corrected chi connectivity index (χ0v) is 14.2. The second-order valence-electron chi connectivity index (χ2n) is 4.89. The van der Waals surface area contributed by atoms with Crippen LogP contribution < -0.4 is 17.0 Å². The molecular formula is C11H28Br2N2. The van der Waals surface area contributed by atoms with E-state index in [4.69, 9.17) is 0 Å². The van der Waals surface area contributed by atoms with E-state index in [0.717, 1.165) is 4.48 Å². The van der Waals surface area contributed by atoms with Crippen LogP contribution in [0, 0.1) is 0 Å². The van der Waals surface area contributed by atoms with Gasteiger partial charge in [-0.05, 0) is 26.9 Å². The van der Waals surface area contributed by atoms with Crippen LogP contribution in [0.1, 0.15) is 26.2 Å². The number of quaternary nitrogens is 1. The summed E-state index contributed by atoms with van der Waals surface area (Å²) in [5.41, 5.74) is 0. The van der Waals surface area contributed by atoms with Crippen LogP contribution in [0.2, 0.25) is 0 Å². The highest BCUT2D eigenvalue weighted by molar-refractivity contribution is 8.93. The number of hydrogen-bond donors (Lipinski definition) is 0. The van der Waals surface area contributed by atoms with E-state index in [1.54, 1.807) is 0 Å². The third kappa shape index (κ3) is 14.9. The van der Waals surface area contributed by atoms with E-state index in [1.807, 2.05) is 0 Å². The zero-order chi connectivity index (χ0) is 10.3. The van der Waals surface area contributed by atoms with Gasteiger partial charge in [-0.3, -0.25) is 0 Å². The number of halogens is 2. The van der Waals surface area contributed by atoms with Crippen LogP contribution in [0.4, 0.5) is 0 Å². The fourth-order valence-electron chi connectivity index (χ4n) is 1.37. The molecule has 0 radical (unpaired) electrons. The zero-order valence-electron chi connectivity index (χ0n) is 10.9. The van der Waals surface area contributed by atoms with Crippen molar-refractivity contribution in [2.75, 3.05) is 47.8 Å². The lowest BCUT2D eigenvalue weighted by atomic mass is 10.2. The summed E-state index contributed by atoms with van der Waals surface area (Å²) in [6.07, 6.45) is 4.08. The molecule has 96 valence electrons. The summed E-state index contributed by atoms with van der Waals surface area (Å²) in [5.74, 6) is 0. The van der Waals surface area contributed by atoms with Gasteiger partial charge in [-0.15, -0.1) is 17.0 Å². The van der Waals surface area contributed by atoms with Crippen molar-refractivity contribution < 1.29 is 21.5 Å². The van der Waals surface area contributed by atoms with E-state index < -0.39 is 0 Å². The first-order valence-electron chi connectivity index (χ1n) is 5.44. The molecule has 0 heterocycles. The van der Waals surface area contributed by atoms with Crippen molar-refractivity contribution >= 4 is 17.0 Å². The Kier molecular flexibility index (Phi) is 16.1. The Labute approximate surface area is 117 Å². The molecule has 0 aromatic rings. The third-order valence-electron chi connectivity index (χ3n) is 2.52. The van der Waals surface area contributed by atoms with Gasteiger partial charge < -0.3 is 26.4 Å². The molecule has 0 aliphatic rings. The fraction of sp³-hybridized carbons (Fsp3) is 1.00. The van der Waals surface area contributed by atoms with Gasteiger partial charge in [0.05, 0.1) is 27.2 Å². The van der Waals surface area contributed by atoms with Crippen molar-refractivity contribution in [3.63, 3.8) is 0 Å². The van der Waals surface area contributed by atoms with Crippen molar-refractivity contribution in [1.82, 2.24) is 4.90 Å². The van der Waals surface area contributed by atoms with Gasteiger partial charge in [0.1, 0.15) is 0 Å². The Morgan fingerprint density at radius 3 is 1.93 bits per heavy atom. The Morgan fingerprint density at radius 2 is 1.53 bits per heavy atom. The highest BCUT2D eigenvalue weighted by atomic mass is 79.9. The average Bonchev–Trinajstić information content (AvgIpc) is 2.02. The lowest BCUT2D eigenvalue weighted by Gasteiger charge is -2.31. The van der Waals surface area contributed by atoms with Crippen LogP contribution in [0.25, 0.3) is 0 Å². The molecule has 0 fully saturated rings. The van der Waals surface area contributed by atoms with E-state index in [-0.39, 0.29) is 34.0 Å². The maximum atomic E-state index is 2.33. The number of likely N-dealkylation sites (N-methyl/N-ethyl adjacent to an activating group) is 2. The molecule has 0 amide bonds. The molecule has 0 N–H and O–H groups in total. The first-order valence-corrected chi connectivity index (χ1v) is 5.44. The summed E-state index contributed by atoms with van der Waals surface area (Å²) < 4.78 is 1.16. The lowest BCUT2D eigenvalue weighted by Crippen LogP contribution is -3.00. The van der Waals surface area contributed by atoms with Crippen molar-refractivity contribution in [3.8, 4) is 0 Å². The molecule has 0 bridgehead atoms. The van der Waals surface area contributed by atoms with Gasteiger partial charge in [0.25, 0.3) is 0 Å². The van der Waals surface area contributed by atoms with Gasteiger partial charge >= 0.3 is 0 Å². The van der Waals surface area contributed by atoms with Crippen molar-refractivity contribution in [2.45, 2.75) is 26.2 Å². The van der Waals surface area contributed by atoms with E-state index in [2.05, 4.69) is 40.0 Å². The van der Waals surface area contributed by atoms with Gasteiger partial charge in [-0.1, -0.05) is 13.3 Å². The molecule has 0 saturated heterocycles. The Hall–Kier alpha value is 0.880. The van der Waals surface area contributed by atoms with Crippen LogP contribution in [0.3, 0.4) is 0 Å². The topological polar surface area (TPSA) is 3.24 Å². The highest BCUT2D eigenvalue weighted by Crippen LogP contribution is 2.03. The Morgan fingerprint density at radius 1 is 1.00 bits per heavy atom. The number of unbranched alkanes of at least 4 members (excludes halogenated alkanes) is 2. The van der Waals surface area contributed by atoms with E-state index in [0.29, 0.717) is 0 Å². The molecule has 0 aliphatic heterocycles. The predicted octanol–water partition coefficient (Wildman–Crippen LogP) is -0.603. The molecule has 15 heavy (non-hydrogen) atoms. The van der Waals surface area contributed by atoms with Gasteiger partial charge in [0.2, 0.25) is 0 Å². The van der Waals surface area contributed by atoms with Gasteiger partial charge in [0, 0.05) is 6.54 Å². The van der Waals surface area contributed by atoms with Gasteiger partial charge in [-0.2, -0.15) is 0 Å². The van der Waals surface area contributed by atoms with Crippen molar-refractivity contribution in [1.29, 1.82) is 0 Å². The number of nitrogens with zero attached hydrogens (tertiary/aromatic N) is 2. The van der Waals surface area contributed by atoms with Crippen LogP contribution >= 0.6 is 17.0 Å². The first-order chi connectivity index (χ1) is 5.98. The molecular weight excluding hydrogens is 320 g/mol. The molecule has 0 rings (SSSR count). The van der Waals surface area contributed by atoms with E-state index >= 15 is 0 Å². The molecule has 0 aromatic carbocycles. The van der Waals surface area contributed by atoms with Crippen molar-refractivity contribution in [2.24, 2.45) is 0 Å². The molecule has 0 spiro atoms. The molecule has 0 atom stereocenters. The normalized spacial score (nSPS) is 10.8. The lowest BCUT2D eigenvalue weighted by molar-refractivity contribution is -0.890. The Balaban J connectivity index is -0.000000720. The second-order valence-corrected chi connectivity index (χ2v) is 4.89. The fourth-order valence-corrected chi connectivity index (χ4v) is 1.37. The quantitative estimate of drug-likeness (QED) is 0.439. The summed E-state index contributed by atoms with van der Waals surface area (Å²) in [7, 11) is 8.95. The minimum atomic E-state index is 0. The number of hydrogen-bond acceptors (Lipinski definition) is 1. The summed E-state index contributed by atoms with van der Waals surface area (Å²) in [5, 5.41) is 0. The monoisotopic (exact) mass is 346 g/mol. The van der Waals surface area contributed by atoms with Gasteiger partial charge in [-0.25, -0.2) is 0 Å². The number of rotatable bonds is 7. The first kappa shape index (κ1) is 21.2. The smallest absolute Gasteiger partial charge is 0.0911 e. The van der Waals surface area contributed by atoms with Crippen LogP contribution in [0.5, 0.6) is 0 Å². The van der Waals surface area contributed by atoms with Crippen LogP contribution in [0.15, 0.2) is 0 Å². The predicted molar refractivity (Wildman–Crippen MR) is 70.2 cm³/mol. The summed E-state index contributed by atoms with van der Waals surface area (Å²) in [6, 6.07) is 0. The molecule has 4 heteroatoms. The second kappa shape index (κ2) is 11.4. The van der Waals surface area contributed by atoms with Crippen LogP contribution in [-0.2, 0) is 0 Å². The average molecular weight is 348 g/mol. The van der Waals surface area contributed by atoms with Gasteiger partial charge in [0.15, 0.2) is 0 Å². The SMILES string of the molecule is Br.CCCCC[N+](C)(C)CCN(C)C.[Br-]. The minimum absolute atomic E-state index is 0. The maximum Gasteiger partial charge on any atom is 0.0911 e. The summed E-state index contributed by atoms with van der Waals surface area (Å²) >= 11 is 0. The van der Waals surface area contributed by atoms with Crippen LogP contribution in [-0.4, -0.2) is 57.2 Å². The largest absolute Gasteiger partial charge is 1.00 e. The van der Waals surface area contributed by atoms with E-state index in [9.17, 15) is 0 Å². The molecule has 0 saturated carbocycles. The summed E-state index contributed by atoms with van der Waals surface area (Å²) in [6.45, 7) is 6.04. The molecule has 0 aliphatic carbocycles. The standard InChI is InChI=1S/C11H27N2.2BrH/c1-6-7-8-10-13(4,5)11-9-12(2)3;;/h6-11H2,1-5H3;2*1H/q+1;;/p-1. The van der Waals surface area contributed by atoms with Crippen molar-refractivity contribution in [3.05, 3.63) is 0 Å². The van der Waals surface area contributed by atoms with E-state index in [1.165, 1.54) is 38.9 Å². The Bertz CT molecular complexity index is 128. The maximum absolute atomic E-state index is 2.33. The highest BCUT2D eigenvalue weighted by Gasteiger charge is 2.13. The minimum Gasteiger partial charge on any atom is -1.00 e. The summed E-state index contributed by atoms with van der Waals surface area (Å²) in [4.78, 5) is 2.26. The third-order valence-corrected chi connectivity index (χ3v) is 2.52. The molecule has 0 aromatic heterocycles.